The number of rotatable bonds is 4. The molecule has 20 heavy (non-hydrogen) atoms. The minimum atomic E-state index is -0.568. The number of amides is 1. The maximum absolute atomic E-state index is 11.7. The van der Waals surface area contributed by atoms with Crippen LogP contribution in [0.2, 0.25) is 0 Å². The monoisotopic (exact) mass is 289 g/mol. The van der Waals surface area contributed by atoms with Crippen LogP contribution < -0.4 is 22.1 Å². The Morgan fingerprint density at radius 1 is 1.35 bits per heavy atom. The quantitative estimate of drug-likeness (QED) is 0.591. The number of nitrogens with one attached hydrogen (secondary N) is 2. The molecule has 104 valence electrons. The number of benzene rings is 1. The van der Waals surface area contributed by atoms with E-state index in [0.717, 1.165) is 23.3 Å². The van der Waals surface area contributed by atoms with Crippen LogP contribution in [-0.4, -0.2) is 30.0 Å². The largest absolute Gasteiger partial charge is 0.385 e. The molecule has 1 amide bonds. The van der Waals surface area contributed by atoms with E-state index in [1.165, 1.54) is 11.3 Å². The zero-order valence-electron chi connectivity index (χ0n) is 10.7. The molecule has 0 bridgehead atoms. The molecule has 7 heteroatoms. The molecule has 1 fully saturated rings. The number of nitrogens with zero attached hydrogens (tertiary/aromatic N) is 1. The Morgan fingerprint density at radius 3 is 2.70 bits per heavy atom. The van der Waals surface area contributed by atoms with E-state index >= 15 is 0 Å². The molecular formula is C13H15N5OS. The molecule has 1 aliphatic heterocycles. The van der Waals surface area contributed by atoms with E-state index in [9.17, 15) is 4.79 Å². The van der Waals surface area contributed by atoms with E-state index in [1.54, 1.807) is 0 Å². The summed E-state index contributed by atoms with van der Waals surface area (Å²) >= 11 is 1.41. The highest BCUT2D eigenvalue weighted by Gasteiger charge is 2.22. The number of carbonyl (C=O) groups excluding carboxylic acids is 1. The Kier molecular flexibility index (Phi) is 3.29. The van der Waals surface area contributed by atoms with Crippen molar-refractivity contribution in [3.63, 3.8) is 0 Å². The average molecular weight is 289 g/mol. The van der Waals surface area contributed by atoms with E-state index in [-0.39, 0.29) is 11.6 Å². The van der Waals surface area contributed by atoms with Crippen molar-refractivity contribution < 1.29 is 4.79 Å². The second kappa shape index (κ2) is 5.10. The highest BCUT2D eigenvalue weighted by atomic mass is 32.1. The number of hydrogen-bond donors (Lipinski definition) is 4. The van der Waals surface area contributed by atoms with Crippen molar-refractivity contribution >= 4 is 33.0 Å². The molecule has 2 heterocycles. The summed E-state index contributed by atoms with van der Waals surface area (Å²) in [6.07, 6.45) is 0. The summed E-state index contributed by atoms with van der Waals surface area (Å²) in [7, 11) is 0. The van der Waals surface area contributed by atoms with Crippen molar-refractivity contribution in [3.05, 3.63) is 35.1 Å². The third-order valence-corrected chi connectivity index (χ3v) is 4.22. The lowest BCUT2D eigenvalue weighted by Crippen LogP contribution is -2.56. The fourth-order valence-electron chi connectivity index (χ4n) is 2.02. The number of nitrogens with two attached hydrogens (primary N) is 2. The van der Waals surface area contributed by atoms with Crippen LogP contribution in [0.5, 0.6) is 0 Å². The summed E-state index contributed by atoms with van der Waals surface area (Å²) < 4.78 is 0.999. The molecule has 0 atom stereocenters. The van der Waals surface area contributed by atoms with Gasteiger partial charge in [0.1, 0.15) is 16.4 Å². The van der Waals surface area contributed by atoms with E-state index in [4.69, 9.17) is 11.5 Å². The normalized spacial score (nSPS) is 16.6. The first kappa shape index (κ1) is 12.9. The Hall–Kier alpha value is -2.12. The van der Waals surface area contributed by atoms with Crippen LogP contribution >= 0.6 is 11.3 Å². The van der Waals surface area contributed by atoms with Gasteiger partial charge in [-0.1, -0.05) is 12.1 Å². The Labute approximate surface area is 119 Å². The number of aromatic nitrogens is 1. The van der Waals surface area contributed by atoms with Gasteiger partial charge in [-0.25, -0.2) is 4.98 Å². The Balaban J connectivity index is 2.00. The third-order valence-electron chi connectivity index (χ3n) is 3.16. The molecule has 3 rings (SSSR count). The van der Waals surface area contributed by atoms with Crippen LogP contribution in [0.25, 0.3) is 15.8 Å². The van der Waals surface area contributed by atoms with Gasteiger partial charge < -0.3 is 22.1 Å². The maximum atomic E-state index is 11.7. The van der Waals surface area contributed by atoms with Crippen molar-refractivity contribution in [2.24, 2.45) is 11.5 Å². The molecule has 2 aromatic rings. The molecule has 0 radical (unpaired) electrons. The van der Waals surface area contributed by atoms with Gasteiger partial charge in [0.05, 0.1) is 16.3 Å². The summed E-state index contributed by atoms with van der Waals surface area (Å²) in [6.45, 7) is 1.65. The highest BCUT2D eigenvalue weighted by Crippen LogP contribution is 2.27. The topological polar surface area (TPSA) is 106 Å². The highest BCUT2D eigenvalue weighted by molar-refractivity contribution is 7.19. The van der Waals surface area contributed by atoms with Crippen LogP contribution in [0.4, 0.5) is 0 Å². The zero-order chi connectivity index (χ0) is 14.1. The van der Waals surface area contributed by atoms with Gasteiger partial charge in [-0.05, 0) is 12.1 Å². The fraction of sp³-hybridized carbons (Fsp3) is 0.231. The number of para-hydroxylation sites is 1. The zero-order valence-corrected chi connectivity index (χ0v) is 11.5. The van der Waals surface area contributed by atoms with Crippen molar-refractivity contribution in [2.75, 3.05) is 13.1 Å². The summed E-state index contributed by atoms with van der Waals surface area (Å²) in [6, 6.07) is 7.92. The Morgan fingerprint density at radius 2 is 2.10 bits per heavy atom. The lowest BCUT2D eigenvalue weighted by atomic mass is 10.1. The minimum Gasteiger partial charge on any atom is -0.385 e. The first-order chi connectivity index (χ1) is 9.65. The smallest absolute Gasteiger partial charge is 0.255 e. The van der Waals surface area contributed by atoms with E-state index in [2.05, 4.69) is 15.6 Å². The van der Waals surface area contributed by atoms with Gasteiger partial charge in [-0.3, -0.25) is 4.79 Å². The van der Waals surface area contributed by atoms with E-state index < -0.39 is 5.91 Å². The van der Waals surface area contributed by atoms with Crippen LogP contribution in [0.1, 0.15) is 5.01 Å². The Bertz CT molecular complexity index is 656. The molecule has 1 aliphatic rings. The maximum Gasteiger partial charge on any atom is 0.255 e. The molecule has 1 aromatic carbocycles. The standard InChI is InChI=1S/C13H15N5OS/c14-11(17-7-5-16-6-7)10(12(15)19)13-18-8-3-1-2-4-9(8)20-13/h1-4,7,16-17H,5-6,14H2,(H2,15,19)/b11-10-. The molecule has 0 unspecified atom stereocenters. The predicted octanol–water partition coefficient (Wildman–Crippen LogP) is -0.0297. The van der Waals surface area contributed by atoms with Crippen molar-refractivity contribution in [1.82, 2.24) is 15.6 Å². The van der Waals surface area contributed by atoms with Crippen LogP contribution in [0.15, 0.2) is 30.1 Å². The van der Waals surface area contributed by atoms with Gasteiger partial charge in [-0.2, -0.15) is 0 Å². The average Bonchev–Trinajstić information content (AvgIpc) is 2.76. The van der Waals surface area contributed by atoms with Gasteiger partial charge in [0.2, 0.25) is 0 Å². The molecular weight excluding hydrogens is 274 g/mol. The first-order valence-electron chi connectivity index (χ1n) is 6.28. The third kappa shape index (κ3) is 2.33. The number of thiazole rings is 1. The van der Waals surface area contributed by atoms with Gasteiger partial charge in [0.25, 0.3) is 5.91 Å². The number of fused-ring (bicyclic) bond motifs is 1. The lowest BCUT2D eigenvalue weighted by molar-refractivity contribution is -0.112. The fourth-order valence-corrected chi connectivity index (χ4v) is 3.05. The summed E-state index contributed by atoms with van der Waals surface area (Å²) in [5, 5.41) is 6.78. The lowest BCUT2D eigenvalue weighted by Gasteiger charge is -2.29. The van der Waals surface area contributed by atoms with Crippen molar-refractivity contribution in [3.8, 4) is 0 Å². The molecule has 0 spiro atoms. The predicted molar refractivity (Wildman–Crippen MR) is 79.7 cm³/mol. The summed E-state index contributed by atoms with van der Waals surface area (Å²) in [5.41, 5.74) is 12.6. The number of hydrogen-bond acceptors (Lipinski definition) is 6. The van der Waals surface area contributed by atoms with Gasteiger partial charge in [-0.15, -0.1) is 11.3 Å². The van der Waals surface area contributed by atoms with E-state index in [0.29, 0.717) is 10.8 Å². The van der Waals surface area contributed by atoms with Crippen molar-refractivity contribution in [2.45, 2.75) is 6.04 Å². The SMILES string of the molecule is NC(=O)/C(=C(\N)NC1CNC1)c1nc2ccccc2s1. The van der Waals surface area contributed by atoms with Crippen molar-refractivity contribution in [1.29, 1.82) is 0 Å². The van der Waals surface area contributed by atoms with E-state index in [1.807, 2.05) is 24.3 Å². The second-order valence-electron chi connectivity index (χ2n) is 4.64. The second-order valence-corrected chi connectivity index (χ2v) is 5.67. The van der Waals surface area contributed by atoms with Crippen LogP contribution in [0, 0.1) is 0 Å². The van der Waals surface area contributed by atoms with Gasteiger partial charge >= 0.3 is 0 Å². The first-order valence-corrected chi connectivity index (χ1v) is 7.09. The molecule has 1 saturated heterocycles. The molecule has 0 saturated carbocycles. The summed E-state index contributed by atoms with van der Waals surface area (Å²) in [5.74, 6) is -0.274. The van der Waals surface area contributed by atoms with Crippen LogP contribution in [0.3, 0.4) is 0 Å². The molecule has 6 N–H and O–H groups in total. The van der Waals surface area contributed by atoms with Gasteiger partial charge in [0.15, 0.2) is 0 Å². The number of carbonyl (C=O) groups is 1. The molecule has 1 aromatic heterocycles. The minimum absolute atomic E-state index is 0.235. The van der Waals surface area contributed by atoms with Gasteiger partial charge in [0, 0.05) is 13.1 Å². The summed E-state index contributed by atoms with van der Waals surface area (Å²) in [4.78, 5) is 16.1. The number of primary amides is 1. The molecule has 0 aliphatic carbocycles. The molecule has 6 nitrogen and oxygen atoms in total. The van der Waals surface area contributed by atoms with Crippen LogP contribution in [-0.2, 0) is 4.79 Å².